The summed E-state index contributed by atoms with van der Waals surface area (Å²) in [6, 6.07) is 9.35. The van der Waals surface area contributed by atoms with Gasteiger partial charge in [-0.1, -0.05) is 0 Å². The van der Waals surface area contributed by atoms with Crippen molar-refractivity contribution in [1.29, 1.82) is 5.26 Å². The maximum Gasteiger partial charge on any atom is 0.311 e. The topological polar surface area (TPSA) is 76.2 Å². The number of nitro groups is 1. The average molecular weight is 337 g/mol. The fourth-order valence-corrected chi connectivity index (χ4v) is 1.94. The van der Waals surface area contributed by atoms with Crippen molar-refractivity contribution < 1.29 is 14.1 Å². The molecule has 2 aromatic rings. The zero-order chi connectivity index (χ0) is 14.7. The van der Waals surface area contributed by atoms with Crippen molar-refractivity contribution in [2.45, 2.75) is 0 Å². The summed E-state index contributed by atoms with van der Waals surface area (Å²) in [5.74, 6) is -0.588. The Morgan fingerprint density at radius 3 is 2.65 bits per heavy atom. The molecule has 0 aliphatic heterocycles. The first-order chi connectivity index (χ1) is 9.51. The summed E-state index contributed by atoms with van der Waals surface area (Å²) in [4.78, 5) is 10.2. The van der Waals surface area contributed by atoms with Crippen LogP contribution in [0.1, 0.15) is 5.56 Å². The zero-order valence-corrected chi connectivity index (χ0v) is 11.4. The molecule has 0 saturated carbocycles. The Morgan fingerprint density at radius 1 is 1.30 bits per heavy atom. The van der Waals surface area contributed by atoms with E-state index >= 15 is 0 Å². The third-order valence-corrected chi connectivity index (χ3v) is 3.06. The molecule has 5 nitrogen and oxygen atoms in total. The van der Waals surface area contributed by atoms with Crippen molar-refractivity contribution in [3.8, 4) is 17.6 Å². The molecule has 0 atom stereocenters. The van der Waals surface area contributed by atoms with Crippen LogP contribution in [0.25, 0.3) is 0 Å². The predicted molar refractivity (Wildman–Crippen MR) is 72.0 cm³/mol. The highest BCUT2D eigenvalue weighted by Gasteiger charge is 2.17. The van der Waals surface area contributed by atoms with Crippen LogP contribution in [0, 0.1) is 27.3 Å². The highest BCUT2D eigenvalue weighted by atomic mass is 79.9. The van der Waals surface area contributed by atoms with Gasteiger partial charge in [0.25, 0.3) is 0 Å². The van der Waals surface area contributed by atoms with E-state index in [9.17, 15) is 14.5 Å². The minimum atomic E-state index is -0.659. The Hall–Kier alpha value is -2.46. The number of benzene rings is 2. The summed E-state index contributed by atoms with van der Waals surface area (Å²) in [6.07, 6.45) is 0. The van der Waals surface area contributed by atoms with Crippen LogP contribution >= 0.6 is 15.9 Å². The van der Waals surface area contributed by atoms with E-state index in [4.69, 9.17) is 10.00 Å². The van der Waals surface area contributed by atoms with Gasteiger partial charge in [-0.3, -0.25) is 10.1 Å². The lowest BCUT2D eigenvalue weighted by atomic mass is 10.2. The molecule has 20 heavy (non-hydrogen) atoms. The maximum absolute atomic E-state index is 13.2. The molecular weight excluding hydrogens is 331 g/mol. The van der Waals surface area contributed by atoms with Crippen molar-refractivity contribution in [2.75, 3.05) is 0 Å². The number of nitro benzene ring substituents is 1. The number of nitriles is 1. The van der Waals surface area contributed by atoms with Gasteiger partial charge in [0.1, 0.15) is 17.6 Å². The second-order valence-corrected chi connectivity index (χ2v) is 4.58. The van der Waals surface area contributed by atoms with Gasteiger partial charge < -0.3 is 4.74 Å². The number of hydrogen-bond donors (Lipinski definition) is 0. The van der Waals surface area contributed by atoms with Gasteiger partial charge in [-0.15, -0.1) is 0 Å². The molecule has 0 spiro atoms. The highest BCUT2D eigenvalue weighted by molar-refractivity contribution is 9.10. The van der Waals surface area contributed by atoms with Gasteiger partial charge in [-0.2, -0.15) is 5.26 Å². The monoisotopic (exact) mass is 336 g/mol. The molecule has 0 aliphatic carbocycles. The molecule has 0 saturated heterocycles. The van der Waals surface area contributed by atoms with Crippen molar-refractivity contribution >= 4 is 21.6 Å². The summed E-state index contributed by atoms with van der Waals surface area (Å²) in [6.45, 7) is 0. The Balaban J connectivity index is 2.39. The summed E-state index contributed by atoms with van der Waals surface area (Å²) >= 11 is 3.17. The van der Waals surface area contributed by atoms with Crippen molar-refractivity contribution in [2.24, 2.45) is 0 Å². The number of rotatable bonds is 3. The number of ether oxygens (including phenoxy) is 1. The molecule has 0 N–H and O–H groups in total. The maximum atomic E-state index is 13.2. The summed E-state index contributed by atoms with van der Waals surface area (Å²) < 4.78 is 19.0. The smallest absolute Gasteiger partial charge is 0.311 e. The molecule has 0 radical (unpaired) electrons. The average Bonchev–Trinajstić information content (AvgIpc) is 2.38. The van der Waals surface area contributed by atoms with E-state index in [-0.39, 0.29) is 17.2 Å². The fourth-order valence-electron chi connectivity index (χ4n) is 1.50. The van der Waals surface area contributed by atoms with Gasteiger partial charge in [0.2, 0.25) is 5.75 Å². The zero-order valence-electron chi connectivity index (χ0n) is 9.84. The van der Waals surface area contributed by atoms with Gasteiger partial charge in [-0.25, -0.2) is 4.39 Å². The molecule has 0 amide bonds. The fraction of sp³-hybridized carbons (Fsp3) is 0. The highest BCUT2D eigenvalue weighted by Crippen LogP contribution is 2.33. The van der Waals surface area contributed by atoms with Crippen LogP contribution in [-0.4, -0.2) is 4.92 Å². The van der Waals surface area contributed by atoms with Crippen LogP contribution < -0.4 is 4.74 Å². The summed E-state index contributed by atoms with van der Waals surface area (Å²) in [5, 5.41) is 19.6. The standard InChI is InChI=1S/C13H6BrFN2O3/c14-11-6-10(3-1-8(11)7-16)20-13-5-9(15)2-4-12(13)17(18)19/h1-6H. The van der Waals surface area contributed by atoms with Crippen molar-refractivity contribution in [3.05, 3.63) is 62.4 Å². The Bertz CT molecular complexity index is 728. The van der Waals surface area contributed by atoms with Gasteiger partial charge in [0, 0.05) is 16.6 Å². The van der Waals surface area contributed by atoms with E-state index in [1.807, 2.05) is 6.07 Å². The predicted octanol–water partition coefficient (Wildman–Crippen LogP) is 4.16. The SMILES string of the molecule is N#Cc1ccc(Oc2cc(F)ccc2[N+](=O)[O-])cc1Br. The number of nitrogens with zero attached hydrogens (tertiary/aromatic N) is 2. The Labute approximate surface area is 121 Å². The molecule has 0 fully saturated rings. The van der Waals surface area contributed by atoms with E-state index in [1.165, 1.54) is 18.2 Å². The second-order valence-electron chi connectivity index (χ2n) is 3.72. The van der Waals surface area contributed by atoms with E-state index < -0.39 is 10.7 Å². The molecule has 0 aromatic heterocycles. The quantitative estimate of drug-likeness (QED) is 0.622. The van der Waals surface area contributed by atoms with Crippen LogP contribution in [0.15, 0.2) is 40.9 Å². The van der Waals surface area contributed by atoms with Crippen LogP contribution in [0.3, 0.4) is 0 Å². The minimum Gasteiger partial charge on any atom is -0.450 e. The first-order valence-corrected chi connectivity index (χ1v) is 6.12. The van der Waals surface area contributed by atoms with E-state index in [2.05, 4.69) is 15.9 Å². The second kappa shape index (κ2) is 5.67. The van der Waals surface area contributed by atoms with Crippen LogP contribution in [0.5, 0.6) is 11.5 Å². The van der Waals surface area contributed by atoms with Gasteiger partial charge >= 0.3 is 5.69 Å². The minimum absolute atomic E-state index is 0.202. The molecule has 7 heteroatoms. The van der Waals surface area contributed by atoms with Crippen LogP contribution in [-0.2, 0) is 0 Å². The van der Waals surface area contributed by atoms with Gasteiger partial charge in [0.05, 0.1) is 10.5 Å². The van der Waals surface area contributed by atoms with E-state index in [0.717, 1.165) is 18.2 Å². The summed E-state index contributed by atoms with van der Waals surface area (Å²) in [5.41, 5.74) is 0.0537. The molecule has 2 aromatic carbocycles. The van der Waals surface area contributed by atoms with Crippen LogP contribution in [0.2, 0.25) is 0 Å². The molecule has 2 rings (SSSR count). The lowest BCUT2D eigenvalue weighted by Crippen LogP contribution is -1.94. The third-order valence-electron chi connectivity index (χ3n) is 2.41. The largest absolute Gasteiger partial charge is 0.450 e. The molecule has 0 aliphatic rings. The normalized spacial score (nSPS) is 9.85. The van der Waals surface area contributed by atoms with Gasteiger partial charge in [0.15, 0.2) is 0 Å². The van der Waals surface area contributed by atoms with E-state index in [0.29, 0.717) is 10.0 Å². The molecular formula is C13H6BrFN2O3. The molecule has 0 heterocycles. The van der Waals surface area contributed by atoms with Crippen molar-refractivity contribution in [3.63, 3.8) is 0 Å². The summed E-state index contributed by atoms with van der Waals surface area (Å²) in [7, 11) is 0. The first-order valence-electron chi connectivity index (χ1n) is 5.32. The Kier molecular flexibility index (Phi) is 3.96. The first kappa shape index (κ1) is 14.0. The third kappa shape index (κ3) is 2.92. The number of halogens is 2. The lowest BCUT2D eigenvalue weighted by molar-refractivity contribution is -0.385. The van der Waals surface area contributed by atoms with Gasteiger partial charge in [-0.05, 0) is 40.2 Å². The molecule has 0 unspecified atom stereocenters. The van der Waals surface area contributed by atoms with E-state index in [1.54, 1.807) is 0 Å². The number of hydrogen-bond acceptors (Lipinski definition) is 4. The lowest BCUT2D eigenvalue weighted by Gasteiger charge is -2.07. The van der Waals surface area contributed by atoms with Crippen molar-refractivity contribution in [1.82, 2.24) is 0 Å². The Morgan fingerprint density at radius 2 is 2.05 bits per heavy atom. The molecule has 100 valence electrons. The van der Waals surface area contributed by atoms with Crippen LogP contribution in [0.4, 0.5) is 10.1 Å². The molecule has 0 bridgehead atoms.